The Kier molecular flexibility index (Phi) is 14.8. The SMILES string of the molecule is CCOC(=O)c1ccccc1NC(OCC)C(=O)c1ccccc1.CCOC(Nc1ccccc1C(=O)OC)C(=O)c1ccccc1. The van der Waals surface area contributed by atoms with E-state index in [-0.39, 0.29) is 18.2 Å². The number of carbonyl (C=O) groups is 4. The van der Waals surface area contributed by atoms with Crippen LogP contribution in [0.4, 0.5) is 11.4 Å². The molecule has 2 N–H and O–H groups in total. The number of nitrogens with one attached hydrogen (secondary N) is 2. The highest BCUT2D eigenvalue weighted by atomic mass is 16.5. The molecule has 10 heteroatoms. The number of ether oxygens (including phenoxy) is 4. The summed E-state index contributed by atoms with van der Waals surface area (Å²) in [7, 11) is 1.31. The lowest BCUT2D eigenvalue weighted by atomic mass is 10.1. The lowest BCUT2D eigenvalue weighted by molar-refractivity contribution is 0.0514. The first kappa shape index (κ1) is 36.2. The Morgan fingerprint density at radius 2 is 0.915 bits per heavy atom. The zero-order valence-corrected chi connectivity index (χ0v) is 26.9. The number of hydrogen-bond acceptors (Lipinski definition) is 10. The number of hydrogen-bond donors (Lipinski definition) is 2. The van der Waals surface area contributed by atoms with Gasteiger partial charge in [-0.05, 0) is 45.0 Å². The van der Waals surface area contributed by atoms with Crippen LogP contribution < -0.4 is 10.6 Å². The molecule has 0 heterocycles. The van der Waals surface area contributed by atoms with Crippen molar-refractivity contribution in [2.24, 2.45) is 0 Å². The molecule has 246 valence electrons. The molecule has 10 nitrogen and oxygen atoms in total. The first-order valence-corrected chi connectivity index (χ1v) is 15.2. The van der Waals surface area contributed by atoms with Crippen molar-refractivity contribution in [1.29, 1.82) is 0 Å². The second-order valence-corrected chi connectivity index (χ2v) is 9.72. The second-order valence-electron chi connectivity index (χ2n) is 9.72. The number of para-hydroxylation sites is 2. The summed E-state index contributed by atoms with van der Waals surface area (Å²) in [4.78, 5) is 49.1. The van der Waals surface area contributed by atoms with Crippen molar-refractivity contribution >= 4 is 34.9 Å². The van der Waals surface area contributed by atoms with Gasteiger partial charge in [0.1, 0.15) is 0 Å². The third-order valence-electron chi connectivity index (χ3n) is 6.59. The number of rotatable bonds is 15. The van der Waals surface area contributed by atoms with Gasteiger partial charge in [0.2, 0.25) is 11.6 Å². The van der Waals surface area contributed by atoms with E-state index in [9.17, 15) is 19.2 Å². The standard InChI is InChI=1S/C19H21NO4.C18H19NO4/c1-3-23-18(17(21)14-10-6-5-7-11-14)20-16-13-9-8-12-15(16)19(22)24-4-2;1-3-23-17(16(20)13-9-5-4-6-10-13)19-15-12-8-7-11-14(15)18(21)22-2/h5-13,18,20H,3-4H2,1-2H3;4-12,17,19H,3H2,1-2H3. The van der Waals surface area contributed by atoms with E-state index in [4.69, 9.17) is 18.9 Å². The lowest BCUT2D eigenvalue weighted by Gasteiger charge is -2.20. The third-order valence-corrected chi connectivity index (χ3v) is 6.59. The maximum atomic E-state index is 12.6. The maximum absolute atomic E-state index is 12.6. The number of benzene rings is 4. The molecule has 0 aliphatic carbocycles. The van der Waals surface area contributed by atoms with Gasteiger partial charge < -0.3 is 29.6 Å². The van der Waals surface area contributed by atoms with Gasteiger partial charge in [0.05, 0.1) is 36.2 Å². The molecule has 0 bridgehead atoms. The molecule has 2 unspecified atom stereocenters. The van der Waals surface area contributed by atoms with Crippen LogP contribution in [0.1, 0.15) is 62.2 Å². The van der Waals surface area contributed by atoms with Gasteiger partial charge >= 0.3 is 11.9 Å². The van der Waals surface area contributed by atoms with Crippen LogP contribution in [0.25, 0.3) is 0 Å². The minimum atomic E-state index is -0.882. The predicted octanol–water partition coefficient (Wildman–Crippen LogP) is 6.65. The molecule has 0 amide bonds. The summed E-state index contributed by atoms with van der Waals surface area (Å²) >= 11 is 0. The Hall–Kier alpha value is -5.32. The molecule has 0 spiro atoms. The van der Waals surface area contributed by atoms with Gasteiger partial charge in [0, 0.05) is 24.3 Å². The van der Waals surface area contributed by atoms with E-state index < -0.39 is 24.4 Å². The average molecular weight is 641 g/mol. The number of methoxy groups -OCH3 is 1. The van der Waals surface area contributed by atoms with Crippen LogP contribution in [-0.2, 0) is 18.9 Å². The van der Waals surface area contributed by atoms with Gasteiger partial charge in [0.25, 0.3) is 0 Å². The van der Waals surface area contributed by atoms with Gasteiger partial charge in [-0.15, -0.1) is 0 Å². The van der Waals surface area contributed by atoms with Crippen molar-refractivity contribution in [3.8, 4) is 0 Å². The molecule has 4 aromatic carbocycles. The van der Waals surface area contributed by atoms with Crippen molar-refractivity contribution in [1.82, 2.24) is 0 Å². The van der Waals surface area contributed by atoms with Crippen molar-refractivity contribution in [3.05, 3.63) is 131 Å². The first-order valence-electron chi connectivity index (χ1n) is 15.2. The molecule has 47 heavy (non-hydrogen) atoms. The van der Waals surface area contributed by atoms with Crippen molar-refractivity contribution < 1.29 is 38.1 Å². The first-order chi connectivity index (χ1) is 22.8. The number of ketones is 2. The molecule has 4 rings (SSSR count). The minimum Gasteiger partial charge on any atom is -0.465 e. The van der Waals surface area contributed by atoms with Crippen molar-refractivity contribution in [2.75, 3.05) is 37.6 Å². The van der Waals surface area contributed by atoms with E-state index >= 15 is 0 Å². The molecule has 2 atom stereocenters. The number of anilines is 2. The molecule has 0 saturated heterocycles. The highest BCUT2D eigenvalue weighted by Gasteiger charge is 2.24. The van der Waals surface area contributed by atoms with E-state index in [2.05, 4.69) is 10.6 Å². The molecular weight excluding hydrogens is 600 g/mol. The van der Waals surface area contributed by atoms with E-state index in [0.717, 1.165) is 0 Å². The summed E-state index contributed by atoms with van der Waals surface area (Å²) in [5.41, 5.74) is 2.78. The van der Waals surface area contributed by atoms with Crippen LogP contribution >= 0.6 is 0 Å². The zero-order valence-electron chi connectivity index (χ0n) is 26.9. The van der Waals surface area contributed by atoms with E-state index in [1.54, 1.807) is 111 Å². The fraction of sp³-hybridized carbons (Fsp3) is 0.243. The lowest BCUT2D eigenvalue weighted by Crippen LogP contribution is -2.33. The van der Waals surface area contributed by atoms with Crippen LogP contribution in [0.3, 0.4) is 0 Å². The maximum Gasteiger partial charge on any atom is 0.340 e. The molecule has 0 aromatic heterocycles. The number of carbonyl (C=O) groups excluding carboxylic acids is 4. The highest BCUT2D eigenvalue weighted by Crippen LogP contribution is 2.20. The normalized spacial score (nSPS) is 11.6. The largest absolute Gasteiger partial charge is 0.465 e. The van der Waals surface area contributed by atoms with E-state index in [1.807, 2.05) is 19.1 Å². The Morgan fingerprint density at radius 3 is 1.30 bits per heavy atom. The van der Waals surface area contributed by atoms with Gasteiger partial charge in [-0.2, -0.15) is 0 Å². The monoisotopic (exact) mass is 640 g/mol. The van der Waals surface area contributed by atoms with Gasteiger partial charge in [-0.1, -0.05) is 84.9 Å². The summed E-state index contributed by atoms with van der Waals surface area (Å²) in [6.07, 6.45) is -1.76. The molecular formula is C37H40N2O8. The highest BCUT2D eigenvalue weighted by molar-refractivity contribution is 6.03. The quantitative estimate of drug-likeness (QED) is 0.0828. The third kappa shape index (κ3) is 10.6. The molecule has 0 aliphatic heterocycles. The molecule has 0 aliphatic rings. The van der Waals surface area contributed by atoms with E-state index in [0.29, 0.717) is 46.8 Å². The minimum absolute atomic E-state index is 0.198. The Morgan fingerprint density at radius 1 is 0.532 bits per heavy atom. The van der Waals surface area contributed by atoms with Gasteiger partial charge in [-0.3, -0.25) is 9.59 Å². The van der Waals surface area contributed by atoms with Crippen LogP contribution in [-0.4, -0.2) is 62.9 Å². The summed E-state index contributed by atoms with van der Waals surface area (Å²) in [5, 5.41) is 6.00. The molecule has 0 fully saturated rings. The van der Waals surface area contributed by atoms with E-state index in [1.165, 1.54) is 7.11 Å². The van der Waals surface area contributed by atoms with Crippen LogP contribution in [0.2, 0.25) is 0 Å². The zero-order chi connectivity index (χ0) is 34.0. The number of esters is 2. The smallest absolute Gasteiger partial charge is 0.340 e. The summed E-state index contributed by atoms with van der Waals surface area (Å²) in [6.45, 7) is 6.36. The topological polar surface area (TPSA) is 129 Å². The molecule has 0 radical (unpaired) electrons. The summed E-state index contributed by atoms with van der Waals surface area (Å²) < 4.78 is 20.9. The molecule has 0 saturated carbocycles. The summed E-state index contributed by atoms with van der Waals surface area (Å²) in [6, 6.07) is 31.5. The van der Waals surface area contributed by atoms with Gasteiger partial charge in [0.15, 0.2) is 12.5 Å². The van der Waals surface area contributed by atoms with Crippen molar-refractivity contribution in [3.63, 3.8) is 0 Å². The van der Waals surface area contributed by atoms with Crippen LogP contribution in [0.15, 0.2) is 109 Å². The fourth-order valence-corrected chi connectivity index (χ4v) is 4.38. The Balaban J connectivity index is 0.000000256. The average Bonchev–Trinajstić information content (AvgIpc) is 3.12. The second kappa shape index (κ2) is 19.3. The fourth-order valence-electron chi connectivity index (χ4n) is 4.38. The van der Waals surface area contributed by atoms with Crippen LogP contribution in [0.5, 0.6) is 0 Å². The number of Topliss-reactive ketones (excluding diaryl/α,β-unsaturated/α-hetero) is 2. The molecule has 4 aromatic rings. The summed E-state index contributed by atoms with van der Waals surface area (Å²) in [5.74, 6) is -1.32. The van der Waals surface area contributed by atoms with Crippen molar-refractivity contribution in [2.45, 2.75) is 33.2 Å². The van der Waals surface area contributed by atoms with Gasteiger partial charge in [-0.25, -0.2) is 9.59 Å². The Bertz CT molecular complexity index is 1590. The van der Waals surface area contributed by atoms with Crippen LogP contribution in [0, 0.1) is 0 Å². The Labute approximate surface area is 275 Å². The predicted molar refractivity (Wildman–Crippen MR) is 180 cm³/mol.